The maximum atomic E-state index is 11.9. The van der Waals surface area contributed by atoms with Crippen LogP contribution in [0, 0.1) is 6.92 Å². The van der Waals surface area contributed by atoms with Crippen LogP contribution in [-0.2, 0) is 11.2 Å². The van der Waals surface area contributed by atoms with Crippen LogP contribution in [0.2, 0.25) is 0 Å². The Morgan fingerprint density at radius 2 is 2.20 bits per heavy atom. The fourth-order valence-corrected chi connectivity index (χ4v) is 1.78. The van der Waals surface area contributed by atoms with Crippen molar-refractivity contribution >= 4 is 5.69 Å². The Bertz CT molecular complexity index is 552. The molecule has 0 radical (unpaired) electrons. The van der Waals surface area contributed by atoms with Crippen molar-refractivity contribution in [2.24, 2.45) is 0 Å². The lowest BCUT2D eigenvalue weighted by molar-refractivity contribution is 0.0182. The molecule has 0 aliphatic carbocycles. The molecule has 0 saturated heterocycles. The Morgan fingerprint density at radius 3 is 2.90 bits per heavy atom. The predicted octanol–water partition coefficient (Wildman–Crippen LogP) is 2.45. The molecule has 1 heterocycles. The molecule has 5 nitrogen and oxygen atoms in total. The Kier molecular flexibility index (Phi) is 4.62. The number of ether oxygens (including phenoxy) is 1. The second kappa shape index (κ2) is 6.42. The Labute approximate surface area is 114 Å². The maximum Gasteiger partial charge on any atom is 0.261 e. The van der Waals surface area contributed by atoms with E-state index in [1.54, 1.807) is 6.07 Å². The summed E-state index contributed by atoms with van der Waals surface area (Å²) < 4.78 is 33.7. The van der Waals surface area contributed by atoms with E-state index in [1.807, 2.05) is 19.1 Å². The first-order chi connectivity index (χ1) is 9.58. The fourth-order valence-electron chi connectivity index (χ4n) is 1.78. The second-order valence-corrected chi connectivity index (χ2v) is 4.27. The van der Waals surface area contributed by atoms with E-state index in [2.05, 4.69) is 10.1 Å². The number of aromatic nitrogens is 2. The summed E-state index contributed by atoms with van der Waals surface area (Å²) in [6.45, 7) is 1.42. The molecule has 0 fully saturated rings. The van der Waals surface area contributed by atoms with Gasteiger partial charge in [0.1, 0.15) is 6.61 Å². The van der Waals surface area contributed by atoms with Crippen LogP contribution in [0.25, 0.3) is 11.5 Å². The van der Waals surface area contributed by atoms with Crippen molar-refractivity contribution in [3.05, 3.63) is 29.6 Å². The number of nitrogens with two attached hydrogens (primary N) is 1. The largest absolute Gasteiger partial charge is 0.398 e. The highest BCUT2D eigenvalue weighted by Crippen LogP contribution is 2.27. The molecule has 2 aromatic rings. The summed E-state index contributed by atoms with van der Waals surface area (Å²) in [5, 5.41) is 3.78. The SMILES string of the molecule is Cc1cccc(N)c1-c1nc(CCOCC(F)F)no1. The number of hydrogen-bond donors (Lipinski definition) is 1. The number of nitrogens with zero attached hydrogens (tertiary/aromatic N) is 2. The number of alkyl halides is 2. The van der Waals surface area contributed by atoms with Gasteiger partial charge < -0.3 is 15.0 Å². The molecule has 0 bridgehead atoms. The van der Waals surface area contributed by atoms with Gasteiger partial charge in [0, 0.05) is 12.1 Å². The van der Waals surface area contributed by atoms with E-state index < -0.39 is 13.0 Å². The predicted molar refractivity (Wildman–Crippen MR) is 69.4 cm³/mol. The molecule has 0 amide bonds. The molecule has 20 heavy (non-hydrogen) atoms. The van der Waals surface area contributed by atoms with E-state index in [0.717, 1.165) is 5.56 Å². The average Bonchev–Trinajstić information content (AvgIpc) is 2.83. The summed E-state index contributed by atoms with van der Waals surface area (Å²) in [4.78, 5) is 4.19. The molecule has 108 valence electrons. The van der Waals surface area contributed by atoms with Crippen molar-refractivity contribution in [2.75, 3.05) is 18.9 Å². The third-order valence-electron chi connectivity index (χ3n) is 2.70. The van der Waals surface area contributed by atoms with Gasteiger partial charge >= 0.3 is 0 Å². The van der Waals surface area contributed by atoms with Gasteiger partial charge in [-0.05, 0) is 18.6 Å². The summed E-state index contributed by atoms with van der Waals surface area (Å²) in [5.41, 5.74) is 8.05. The van der Waals surface area contributed by atoms with Gasteiger partial charge in [0.15, 0.2) is 5.82 Å². The first-order valence-electron chi connectivity index (χ1n) is 6.12. The van der Waals surface area contributed by atoms with Gasteiger partial charge in [-0.3, -0.25) is 0 Å². The number of halogens is 2. The number of nitrogen functional groups attached to an aromatic ring is 1. The van der Waals surface area contributed by atoms with Gasteiger partial charge in [-0.25, -0.2) is 8.78 Å². The topological polar surface area (TPSA) is 74.2 Å². The van der Waals surface area contributed by atoms with Crippen LogP contribution < -0.4 is 5.73 Å². The van der Waals surface area contributed by atoms with Gasteiger partial charge in [0.05, 0.1) is 12.2 Å². The van der Waals surface area contributed by atoms with Crippen molar-refractivity contribution < 1.29 is 18.0 Å². The molecule has 0 aliphatic heterocycles. The number of hydrogen-bond acceptors (Lipinski definition) is 5. The van der Waals surface area contributed by atoms with Crippen molar-refractivity contribution in [1.29, 1.82) is 0 Å². The lowest BCUT2D eigenvalue weighted by Gasteiger charge is -2.03. The quantitative estimate of drug-likeness (QED) is 0.651. The molecule has 2 N–H and O–H groups in total. The third-order valence-corrected chi connectivity index (χ3v) is 2.70. The normalized spacial score (nSPS) is 11.2. The molecular formula is C13H15F2N3O2. The van der Waals surface area contributed by atoms with Gasteiger partial charge in [0.25, 0.3) is 12.3 Å². The lowest BCUT2D eigenvalue weighted by atomic mass is 10.1. The molecule has 0 aliphatic rings. The zero-order valence-corrected chi connectivity index (χ0v) is 11.0. The number of anilines is 1. The van der Waals surface area contributed by atoms with E-state index in [1.165, 1.54) is 0 Å². The summed E-state index contributed by atoms with van der Waals surface area (Å²) >= 11 is 0. The van der Waals surface area contributed by atoms with Crippen LogP contribution in [0.5, 0.6) is 0 Å². The van der Waals surface area contributed by atoms with Gasteiger partial charge in [-0.15, -0.1) is 0 Å². The average molecular weight is 283 g/mol. The maximum absolute atomic E-state index is 11.9. The smallest absolute Gasteiger partial charge is 0.261 e. The molecule has 7 heteroatoms. The summed E-state index contributed by atoms with van der Waals surface area (Å²) in [7, 11) is 0. The zero-order chi connectivity index (χ0) is 14.5. The second-order valence-electron chi connectivity index (χ2n) is 4.27. The molecule has 1 aromatic carbocycles. The lowest BCUT2D eigenvalue weighted by Crippen LogP contribution is -2.07. The van der Waals surface area contributed by atoms with Crippen LogP contribution in [0.4, 0.5) is 14.5 Å². The first kappa shape index (κ1) is 14.4. The highest BCUT2D eigenvalue weighted by molar-refractivity contribution is 5.73. The zero-order valence-electron chi connectivity index (χ0n) is 11.0. The minimum absolute atomic E-state index is 0.118. The van der Waals surface area contributed by atoms with Crippen LogP contribution in [0.3, 0.4) is 0 Å². The molecule has 1 aromatic heterocycles. The van der Waals surface area contributed by atoms with Gasteiger partial charge in [0.2, 0.25) is 0 Å². The first-order valence-corrected chi connectivity index (χ1v) is 6.12. The van der Waals surface area contributed by atoms with E-state index >= 15 is 0 Å². The van der Waals surface area contributed by atoms with Crippen LogP contribution in [0.15, 0.2) is 22.7 Å². The highest BCUT2D eigenvalue weighted by atomic mass is 19.3. The van der Waals surface area contributed by atoms with Crippen LogP contribution >= 0.6 is 0 Å². The Hall–Kier alpha value is -2.02. The molecular weight excluding hydrogens is 268 g/mol. The molecule has 0 spiro atoms. The van der Waals surface area contributed by atoms with Gasteiger partial charge in [-0.2, -0.15) is 4.98 Å². The number of benzene rings is 1. The van der Waals surface area contributed by atoms with Crippen molar-refractivity contribution in [1.82, 2.24) is 10.1 Å². The van der Waals surface area contributed by atoms with Crippen molar-refractivity contribution in [3.63, 3.8) is 0 Å². The van der Waals surface area contributed by atoms with E-state index in [9.17, 15) is 8.78 Å². The summed E-state index contributed by atoms with van der Waals surface area (Å²) in [6.07, 6.45) is -2.16. The number of aryl methyl sites for hydroxylation is 1. The summed E-state index contributed by atoms with van der Waals surface area (Å²) in [5.74, 6) is 0.723. The molecule has 0 unspecified atom stereocenters. The molecule has 2 rings (SSSR count). The van der Waals surface area contributed by atoms with Crippen molar-refractivity contribution in [2.45, 2.75) is 19.8 Å². The van der Waals surface area contributed by atoms with Crippen molar-refractivity contribution in [3.8, 4) is 11.5 Å². The van der Waals surface area contributed by atoms with E-state index in [0.29, 0.717) is 29.4 Å². The summed E-state index contributed by atoms with van der Waals surface area (Å²) in [6, 6.07) is 5.48. The standard InChI is InChI=1S/C13H15F2N3O2/c1-8-3-2-4-9(16)12(8)13-17-11(18-20-13)5-6-19-7-10(14)15/h2-4,10H,5-7,16H2,1H3. The fraction of sp³-hybridized carbons (Fsp3) is 0.385. The van der Waals surface area contributed by atoms with E-state index in [4.69, 9.17) is 15.0 Å². The Morgan fingerprint density at radius 1 is 1.40 bits per heavy atom. The third kappa shape index (κ3) is 3.51. The minimum atomic E-state index is -2.47. The van der Waals surface area contributed by atoms with Gasteiger partial charge in [-0.1, -0.05) is 17.3 Å². The monoisotopic (exact) mass is 283 g/mol. The molecule has 0 saturated carbocycles. The number of rotatable bonds is 6. The molecule has 0 atom stereocenters. The van der Waals surface area contributed by atoms with E-state index in [-0.39, 0.29) is 6.61 Å². The highest BCUT2D eigenvalue weighted by Gasteiger charge is 2.14. The van der Waals surface area contributed by atoms with Crippen LogP contribution in [0.1, 0.15) is 11.4 Å². The minimum Gasteiger partial charge on any atom is -0.398 e. The van der Waals surface area contributed by atoms with Crippen LogP contribution in [-0.4, -0.2) is 29.8 Å². The Balaban J connectivity index is 2.02.